The predicted octanol–water partition coefficient (Wildman–Crippen LogP) is 5.55. The summed E-state index contributed by atoms with van der Waals surface area (Å²) in [5.41, 5.74) is 6.78. The van der Waals surface area contributed by atoms with Crippen LogP contribution in [-0.2, 0) is 64.0 Å². The molecule has 0 spiro atoms. The number of ether oxygens (including phenoxy) is 3. The molecule has 2 aromatic rings. The van der Waals surface area contributed by atoms with Gasteiger partial charge in [0.15, 0.2) is 0 Å². The van der Waals surface area contributed by atoms with Crippen molar-refractivity contribution in [2.24, 2.45) is 41.2 Å². The number of anilines is 1. The maximum absolute atomic E-state index is 14.8. The number of carbonyl (C=O) groups excluding carboxylic acids is 11. The summed E-state index contributed by atoms with van der Waals surface area (Å²) in [5, 5.41) is 27.7. The van der Waals surface area contributed by atoms with Gasteiger partial charge in [0, 0.05) is 72.4 Å². The van der Waals surface area contributed by atoms with E-state index in [4.69, 9.17) is 19.9 Å². The highest BCUT2D eigenvalue weighted by atomic mass is 16.6. The van der Waals surface area contributed by atoms with E-state index in [0.29, 0.717) is 61.9 Å². The molecule has 0 aliphatic carbocycles. The fourth-order valence-electron chi connectivity index (χ4n) is 12.5. The number of benzene rings is 2. The van der Waals surface area contributed by atoms with E-state index < -0.39 is 114 Å². The zero-order valence-electron chi connectivity index (χ0n) is 58.6. The van der Waals surface area contributed by atoms with E-state index in [0.717, 1.165) is 0 Å². The van der Waals surface area contributed by atoms with Crippen molar-refractivity contribution in [3.05, 3.63) is 65.7 Å². The molecule has 95 heavy (non-hydrogen) atoms. The third-order valence-electron chi connectivity index (χ3n) is 18.3. The lowest BCUT2D eigenvalue weighted by molar-refractivity contribution is -0.148. The van der Waals surface area contributed by atoms with E-state index in [-0.39, 0.29) is 99.1 Å². The number of urea groups is 1. The van der Waals surface area contributed by atoms with Gasteiger partial charge in [-0.25, -0.2) is 9.59 Å². The third kappa shape index (κ3) is 23.3. The molecule has 2 unspecified atom stereocenters. The summed E-state index contributed by atoms with van der Waals surface area (Å²) in [6.45, 7) is 20.4. The van der Waals surface area contributed by atoms with Crippen LogP contribution in [0.4, 0.5) is 15.3 Å². The topological polar surface area (TPSA) is 347 Å². The quantitative estimate of drug-likeness (QED) is 0.0302. The summed E-state index contributed by atoms with van der Waals surface area (Å²) in [4.78, 5) is 153. The van der Waals surface area contributed by atoms with E-state index in [1.165, 1.54) is 31.1 Å². The molecule has 530 valence electrons. The SMILES string of the molecule is CC[C@H](C)[C@@H]([C@@H](CC(=O)N1CCC[C@H]1[C@H](OC)[C@@H](C)C(=O)N[C@H](C)[C@@H](O)c1ccccc1)OC)N(C)C(=O)[C@@H](NC(=O)C(C(C)C)N(C)C(=O)OCc1ccc(NC(=O)[C@H](CCCNC(N)=O)NC(=O)[C@@H](NC(=O)CCCCCN2C(=O)CC(C)C2=O)C(C)C)cc1)C(C)C. The Balaban J connectivity index is 1.37. The van der Waals surface area contributed by atoms with Gasteiger partial charge in [0.05, 0.1) is 48.8 Å². The summed E-state index contributed by atoms with van der Waals surface area (Å²) in [6, 6.07) is 8.77. The molecule has 2 aliphatic rings. The summed E-state index contributed by atoms with van der Waals surface area (Å²) in [5.74, 6) is -5.96. The first-order valence-corrected chi connectivity index (χ1v) is 33.6. The summed E-state index contributed by atoms with van der Waals surface area (Å²) >= 11 is 0. The number of methoxy groups -OCH3 is 2. The molecular formula is C69H109N11O15. The van der Waals surface area contributed by atoms with Gasteiger partial charge in [0.2, 0.25) is 53.2 Å². The molecular weight excluding hydrogens is 1220 g/mol. The average Bonchev–Trinajstić information content (AvgIpc) is 1.78. The number of unbranched alkanes of at least 4 members (excludes halogenated alkanes) is 2. The standard InChI is InChI=1S/C69H109N11O15/c1-16-43(8)59(52(93-14)38-55(83)79-36-24-28-51(79)61(94-15)45(10)62(85)72-46(11)60(84)48-25-19-17-20-26-48)77(12)67(90)57(41(4)5)76-65(88)58(42(6)7)78(13)69(92)95-39-47-30-32-49(33-31-47)73-63(86)50(27-23-34-71-68(70)91)74-64(87)56(40(2)3)75-53(81)29-21-18-22-35-80-54(82)37-44(9)66(80)89/h17,19-20,25-26,30-33,40-46,50-52,56-61,84H,16,18,21-24,27-29,34-39H2,1-15H3,(H,72,85)(H,73,86)(H,74,87)(H,75,81)(H,76,88)(H3,70,71,91)/t43-,44?,45+,46+,50-,51-,52+,56-,57-,58?,59-,60+,61+/m0/s1. The molecule has 13 atom stereocenters. The number of nitrogens with two attached hydrogens (primary N) is 1. The van der Waals surface area contributed by atoms with Gasteiger partial charge in [0.1, 0.15) is 30.8 Å². The highest BCUT2D eigenvalue weighted by Crippen LogP contribution is 2.31. The number of aliphatic hydroxyl groups excluding tert-OH is 1. The molecule has 0 radical (unpaired) electrons. The van der Waals surface area contributed by atoms with Gasteiger partial charge in [0.25, 0.3) is 0 Å². The molecule has 2 fully saturated rings. The number of imide groups is 1. The Kier molecular flexibility index (Phi) is 32.5. The number of primary amides is 1. The summed E-state index contributed by atoms with van der Waals surface area (Å²) in [6.07, 6.45) is 0.806. The Labute approximate surface area is 561 Å². The first-order chi connectivity index (χ1) is 44.9. The molecule has 2 saturated heterocycles. The molecule has 0 aromatic heterocycles. The number of hydrogen-bond donors (Lipinski definition) is 8. The van der Waals surface area contributed by atoms with E-state index in [9.17, 15) is 57.8 Å². The van der Waals surface area contributed by atoms with Crippen LogP contribution in [-0.4, -0.2) is 192 Å². The third-order valence-corrected chi connectivity index (χ3v) is 18.3. The lowest BCUT2D eigenvalue weighted by Crippen LogP contribution is -2.60. The smallest absolute Gasteiger partial charge is 0.410 e. The van der Waals surface area contributed by atoms with Gasteiger partial charge in [-0.3, -0.25) is 53.0 Å². The van der Waals surface area contributed by atoms with Crippen LogP contribution in [0, 0.1) is 35.5 Å². The fourth-order valence-corrected chi connectivity index (χ4v) is 12.5. The van der Waals surface area contributed by atoms with Crippen LogP contribution < -0.4 is 37.6 Å². The zero-order valence-corrected chi connectivity index (χ0v) is 58.6. The highest BCUT2D eigenvalue weighted by Gasteiger charge is 2.44. The minimum atomic E-state index is -1.11. The predicted molar refractivity (Wildman–Crippen MR) is 358 cm³/mol. The van der Waals surface area contributed by atoms with Crippen LogP contribution in [0.25, 0.3) is 0 Å². The molecule has 0 saturated carbocycles. The van der Waals surface area contributed by atoms with Gasteiger partial charge in [-0.1, -0.05) is 125 Å². The van der Waals surface area contributed by atoms with Crippen molar-refractivity contribution < 1.29 is 72.1 Å². The number of likely N-dealkylation sites (tertiary alicyclic amines) is 2. The first-order valence-electron chi connectivity index (χ1n) is 33.6. The monoisotopic (exact) mass is 1330 g/mol. The number of nitrogens with one attached hydrogen (secondary N) is 6. The van der Waals surface area contributed by atoms with Crippen molar-refractivity contribution in [1.82, 2.24) is 46.2 Å². The molecule has 12 amide bonds. The molecule has 26 nitrogen and oxygen atoms in total. The second-order valence-electron chi connectivity index (χ2n) is 26.6. The van der Waals surface area contributed by atoms with Crippen LogP contribution in [0.2, 0.25) is 0 Å². The largest absolute Gasteiger partial charge is 0.445 e. The van der Waals surface area contributed by atoms with Crippen molar-refractivity contribution in [3.8, 4) is 0 Å². The van der Waals surface area contributed by atoms with Crippen molar-refractivity contribution in [1.29, 1.82) is 0 Å². The molecule has 2 aliphatic heterocycles. The molecule has 2 heterocycles. The lowest BCUT2D eigenvalue weighted by Gasteiger charge is -2.41. The lowest BCUT2D eigenvalue weighted by atomic mass is 9.89. The Hall–Kier alpha value is -7.71. The fraction of sp³-hybridized carbons (Fsp3) is 0.667. The van der Waals surface area contributed by atoms with Crippen LogP contribution in [0.15, 0.2) is 54.6 Å². The Bertz CT molecular complexity index is 2880. The van der Waals surface area contributed by atoms with E-state index in [1.54, 1.807) is 116 Å². The molecule has 2 aromatic carbocycles. The van der Waals surface area contributed by atoms with Crippen molar-refractivity contribution in [2.45, 2.75) is 214 Å². The molecule has 9 N–H and O–H groups in total. The first kappa shape index (κ1) is 79.7. The normalized spacial score (nSPS) is 18.3. The molecule has 26 heteroatoms. The van der Waals surface area contributed by atoms with Crippen LogP contribution in [0.3, 0.4) is 0 Å². The molecule has 4 rings (SSSR count). The number of aliphatic hydroxyl groups is 1. The van der Waals surface area contributed by atoms with Crippen molar-refractivity contribution >= 4 is 71.0 Å². The number of amides is 12. The van der Waals surface area contributed by atoms with Gasteiger partial charge in [-0.15, -0.1) is 0 Å². The summed E-state index contributed by atoms with van der Waals surface area (Å²) in [7, 11) is 6.08. The Morgan fingerprint density at radius 2 is 1.39 bits per heavy atom. The van der Waals surface area contributed by atoms with Crippen LogP contribution >= 0.6 is 0 Å². The highest BCUT2D eigenvalue weighted by molar-refractivity contribution is 6.03. The maximum Gasteiger partial charge on any atom is 0.410 e. The van der Waals surface area contributed by atoms with E-state index in [2.05, 4.69) is 31.9 Å². The van der Waals surface area contributed by atoms with Crippen LogP contribution in [0.1, 0.15) is 164 Å². The van der Waals surface area contributed by atoms with Crippen LogP contribution in [0.5, 0.6) is 0 Å². The minimum Gasteiger partial charge on any atom is -0.445 e. The summed E-state index contributed by atoms with van der Waals surface area (Å²) < 4.78 is 17.8. The van der Waals surface area contributed by atoms with Crippen molar-refractivity contribution in [3.63, 3.8) is 0 Å². The van der Waals surface area contributed by atoms with Gasteiger partial charge in [-0.2, -0.15) is 0 Å². The van der Waals surface area contributed by atoms with E-state index in [1.807, 2.05) is 32.0 Å². The maximum atomic E-state index is 14.8. The minimum absolute atomic E-state index is 0.0873. The van der Waals surface area contributed by atoms with E-state index >= 15 is 0 Å². The number of nitrogens with zero attached hydrogens (tertiary/aromatic N) is 4. The van der Waals surface area contributed by atoms with Crippen molar-refractivity contribution in [2.75, 3.05) is 53.3 Å². The number of likely N-dealkylation sites (N-methyl/N-ethyl adjacent to an activating group) is 2. The van der Waals surface area contributed by atoms with Gasteiger partial charge >= 0.3 is 12.1 Å². The zero-order chi connectivity index (χ0) is 71.0. The second kappa shape index (κ2) is 38.7. The number of hydrogen-bond acceptors (Lipinski definition) is 15. The van der Waals surface area contributed by atoms with Gasteiger partial charge < -0.3 is 66.8 Å². The molecule has 0 bridgehead atoms. The number of rotatable bonds is 38. The second-order valence-corrected chi connectivity index (χ2v) is 26.6. The Morgan fingerprint density at radius 1 is 0.737 bits per heavy atom. The average molecular weight is 1330 g/mol. The Morgan fingerprint density at radius 3 is 1.96 bits per heavy atom. The number of carbonyl (C=O) groups is 11. The van der Waals surface area contributed by atoms with Gasteiger partial charge in [-0.05, 0) is 92.4 Å².